The topological polar surface area (TPSA) is 135 Å². The summed E-state index contributed by atoms with van der Waals surface area (Å²) in [5.74, 6) is 0.468. The second-order valence-electron chi connectivity index (χ2n) is 7.17. The van der Waals surface area contributed by atoms with Gasteiger partial charge >= 0.3 is 6.03 Å². The van der Waals surface area contributed by atoms with Gasteiger partial charge < -0.3 is 30.5 Å². The van der Waals surface area contributed by atoms with Crippen molar-refractivity contribution in [3.63, 3.8) is 0 Å². The number of methoxy groups -OCH3 is 1. The largest absolute Gasteiger partial charge is 0.497 e. The van der Waals surface area contributed by atoms with E-state index in [1.807, 2.05) is 0 Å². The number of carbonyl (C=O) groups is 2. The highest BCUT2D eigenvalue weighted by molar-refractivity contribution is 5.89. The molecule has 3 atom stereocenters. The molecule has 31 heavy (non-hydrogen) atoms. The summed E-state index contributed by atoms with van der Waals surface area (Å²) in [5, 5.41) is 18.1. The summed E-state index contributed by atoms with van der Waals surface area (Å²) in [6, 6.07) is 7.97. The molecule has 1 aromatic heterocycles. The number of aliphatic hydroxyl groups excluding tert-OH is 1. The van der Waals surface area contributed by atoms with E-state index in [1.54, 1.807) is 43.6 Å². The molecule has 2 heterocycles. The number of rotatable bonds is 8. The third kappa shape index (κ3) is 6.90. The summed E-state index contributed by atoms with van der Waals surface area (Å²) in [5.41, 5.74) is 1.31. The van der Waals surface area contributed by atoms with Crippen LogP contribution < -0.4 is 20.7 Å². The molecule has 166 valence electrons. The first-order valence-electron chi connectivity index (χ1n) is 10.1. The average Bonchev–Trinajstić information content (AvgIpc) is 2.79. The third-order valence-electron chi connectivity index (χ3n) is 4.96. The van der Waals surface area contributed by atoms with E-state index in [4.69, 9.17) is 9.47 Å². The Hall–Kier alpha value is -3.24. The summed E-state index contributed by atoms with van der Waals surface area (Å²) >= 11 is 0. The second kappa shape index (κ2) is 11.2. The molecule has 0 spiro atoms. The van der Waals surface area contributed by atoms with Crippen molar-refractivity contribution in [2.24, 2.45) is 0 Å². The lowest BCUT2D eigenvalue weighted by Gasteiger charge is -2.35. The number of carbonyl (C=O) groups excluding carboxylic acids is 2. The van der Waals surface area contributed by atoms with Gasteiger partial charge in [-0.1, -0.05) is 6.07 Å². The first-order chi connectivity index (χ1) is 15.1. The third-order valence-corrected chi connectivity index (χ3v) is 4.96. The quantitative estimate of drug-likeness (QED) is 0.496. The maximum atomic E-state index is 12.3. The van der Waals surface area contributed by atoms with E-state index < -0.39 is 12.1 Å². The van der Waals surface area contributed by atoms with Gasteiger partial charge in [-0.15, -0.1) is 0 Å². The molecule has 3 rings (SSSR count). The van der Waals surface area contributed by atoms with Crippen molar-refractivity contribution in [3.8, 4) is 5.75 Å². The van der Waals surface area contributed by atoms with Gasteiger partial charge in [0.15, 0.2) is 0 Å². The van der Waals surface area contributed by atoms with Crippen LogP contribution >= 0.6 is 0 Å². The maximum Gasteiger partial charge on any atom is 0.319 e. The van der Waals surface area contributed by atoms with Gasteiger partial charge in [0.1, 0.15) is 18.2 Å². The van der Waals surface area contributed by atoms with Crippen LogP contribution in [0.15, 0.2) is 42.9 Å². The zero-order valence-corrected chi connectivity index (χ0v) is 17.3. The second-order valence-corrected chi connectivity index (χ2v) is 7.17. The SMILES string of the molecule is COc1cccc(NC(=O)N[C@H]2CC[C@H](CC(=O)NCc3ccncn3)O[C@H]2CO)c1. The maximum absolute atomic E-state index is 12.3. The number of urea groups is 1. The summed E-state index contributed by atoms with van der Waals surface area (Å²) in [6.07, 6.45) is 3.45. The zero-order valence-electron chi connectivity index (χ0n) is 17.3. The van der Waals surface area contributed by atoms with Gasteiger partial charge in [-0.05, 0) is 31.0 Å². The Morgan fingerprint density at radius 1 is 1.29 bits per heavy atom. The number of nitrogens with one attached hydrogen (secondary N) is 3. The molecular weight excluding hydrogens is 402 g/mol. The highest BCUT2D eigenvalue weighted by Gasteiger charge is 2.32. The number of amides is 3. The molecule has 0 unspecified atom stereocenters. The Bertz CT molecular complexity index is 866. The van der Waals surface area contributed by atoms with Crippen LogP contribution in [-0.4, -0.2) is 59.0 Å². The first-order valence-corrected chi connectivity index (χ1v) is 10.1. The Labute approximate surface area is 180 Å². The van der Waals surface area contributed by atoms with E-state index in [9.17, 15) is 14.7 Å². The minimum Gasteiger partial charge on any atom is -0.497 e. The van der Waals surface area contributed by atoms with Gasteiger partial charge in [-0.3, -0.25) is 4.79 Å². The highest BCUT2D eigenvalue weighted by atomic mass is 16.5. The van der Waals surface area contributed by atoms with E-state index in [1.165, 1.54) is 6.33 Å². The number of benzene rings is 1. The average molecular weight is 429 g/mol. The smallest absolute Gasteiger partial charge is 0.319 e. The molecule has 1 aromatic carbocycles. The molecule has 0 radical (unpaired) electrons. The molecule has 1 aliphatic heterocycles. The van der Waals surface area contributed by atoms with Crippen molar-refractivity contribution in [3.05, 3.63) is 48.5 Å². The Kier molecular flexibility index (Phi) is 8.13. The fraction of sp³-hybridized carbons (Fsp3) is 0.429. The predicted molar refractivity (Wildman–Crippen MR) is 112 cm³/mol. The molecule has 10 heteroatoms. The van der Waals surface area contributed by atoms with Gasteiger partial charge in [-0.25, -0.2) is 14.8 Å². The number of hydrogen-bond acceptors (Lipinski definition) is 7. The zero-order chi connectivity index (χ0) is 22.1. The van der Waals surface area contributed by atoms with Crippen molar-refractivity contribution in [1.82, 2.24) is 20.6 Å². The monoisotopic (exact) mass is 429 g/mol. The molecule has 1 saturated heterocycles. The van der Waals surface area contributed by atoms with Crippen molar-refractivity contribution in [1.29, 1.82) is 0 Å². The number of hydrogen-bond donors (Lipinski definition) is 4. The van der Waals surface area contributed by atoms with Crippen LogP contribution in [0.2, 0.25) is 0 Å². The van der Waals surface area contributed by atoms with Crippen LogP contribution in [-0.2, 0) is 16.1 Å². The van der Waals surface area contributed by atoms with Crippen LogP contribution in [0, 0.1) is 0 Å². The molecule has 1 fully saturated rings. The summed E-state index contributed by atoms with van der Waals surface area (Å²) in [4.78, 5) is 32.4. The van der Waals surface area contributed by atoms with Gasteiger partial charge in [0, 0.05) is 18.0 Å². The molecule has 1 aliphatic rings. The number of aromatic nitrogens is 2. The summed E-state index contributed by atoms with van der Waals surface area (Å²) in [7, 11) is 1.55. The fourth-order valence-electron chi connectivity index (χ4n) is 3.37. The lowest BCUT2D eigenvalue weighted by atomic mass is 9.97. The van der Waals surface area contributed by atoms with E-state index in [0.29, 0.717) is 36.5 Å². The fourth-order valence-corrected chi connectivity index (χ4v) is 3.37. The van der Waals surface area contributed by atoms with Crippen LogP contribution in [0.1, 0.15) is 25.0 Å². The van der Waals surface area contributed by atoms with Crippen LogP contribution in [0.5, 0.6) is 5.75 Å². The number of aliphatic hydroxyl groups is 1. The first kappa shape index (κ1) is 22.4. The number of ether oxygens (including phenoxy) is 2. The van der Waals surface area contributed by atoms with Crippen LogP contribution in [0.4, 0.5) is 10.5 Å². The molecule has 2 aromatic rings. The molecule has 4 N–H and O–H groups in total. The highest BCUT2D eigenvalue weighted by Crippen LogP contribution is 2.22. The normalized spacial score (nSPS) is 20.5. The Morgan fingerprint density at radius 3 is 2.90 bits per heavy atom. The van der Waals surface area contributed by atoms with Crippen molar-refractivity contribution < 1.29 is 24.2 Å². The Balaban J connectivity index is 1.45. The van der Waals surface area contributed by atoms with Crippen LogP contribution in [0.25, 0.3) is 0 Å². The molecule has 0 saturated carbocycles. The van der Waals surface area contributed by atoms with Crippen molar-refractivity contribution in [2.45, 2.75) is 44.1 Å². The van der Waals surface area contributed by atoms with Crippen molar-refractivity contribution >= 4 is 17.6 Å². The lowest BCUT2D eigenvalue weighted by Crippen LogP contribution is -2.52. The predicted octanol–water partition coefficient (Wildman–Crippen LogP) is 1.22. The molecule has 0 aliphatic carbocycles. The van der Waals surface area contributed by atoms with Crippen molar-refractivity contribution in [2.75, 3.05) is 19.0 Å². The van der Waals surface area contributed by atoms with E-state index >= 15 is 0 Å². The number of anilines is 1. The molecule has 0 bridgehead atoms. The molecule has 3 amide bonds. The molecule has 10 nitrogen and oxygen atoms in total. The van der Waals surface area contributed by atoms with Gasteiger partial charge in [0.25, 0.3) is 0 Å². The standard InChI is InChI=1S/C21H27N5O5/c1-30-16-4-2-3-14(9-16)25-21(29)26-18-6-5-17(31-19(18)12-27)10-20(28)23-11-15-7-8-22-13-24-15/h2-4,7-9,13,17-19,27H,5-6,10-12H2,1H3,(H,23,28)(H2,25,26,29)/t17-,18+,19+/m1/s1. The van der Waals surface area contributed by atoms with Crippen LogP contribution in [0.3, 0.4) is 0 Å². The molecular formula is C21H27N5O5. The minimum atomic E-state index is -0.593. The van der Waals surface area contributed by atoms with Gasteiger partial charge in [0.05, 0.1) is 44.5 Å². The van der Waals surface area contributed by atoms with Gasteiger partial charge in [-0.2, -0.15) is 0 Å². The summed E-state index contributed by atoms with van der Waals surface area (Å²) < 4.78 is 11.0. The lowest BCUT2D eigenvalue weighted by molar-refractivity contribution is -0.130. The minimum absolute atomic E-state index is 0.164. The summed E-state index contributed by atoms with van der Waals surface area (Å²) in [6.45, 7) is 0.0509. The van der Waals surface area contributed by atoms with E-state index in [2.05, 4.69) is 25.9 Å². The number of nitrogens with zero attached hydrogens (tertiary/aromatic N) is 2. The van der Waals surface area contributed by atoms with E-state index in [-0.39, 0.29) is 31.1 Å². The van der Waals surface area contributed by atoms with Gasteiger partial charge in [0.2, 0.25) is 5.91 Å². The Morgan fingerprint density at radius 2 is 2.16 bits per heavy atom. The van der Waals surface area contributed by atoms with E-state index in [0.717, 1.165) is 0 Å².